The highest BCUT2D eigenvalue weighted by atomic mass is 15.2. The van der Waals surface area contributed by atoms with Gasteiger partial charge in [0.25, 0.3) is 0 Å². The van der Waals surface area contributed by atoms with Crippen LogP contribution in [0.5, 0.6) is 0 Å². The predicted octanol–water partition coefficient (Wildman–Crippen LogP) is 1.60. The summed E-state index contributed by atoms with van der Waals surface area (Å²) in [4.78, 5) is 2.54. The minimum atomic E-state index is 0.280. The molecule has 1 saturated heterocycles. The molecule has 1 aliphatic rings. The molecule has 0 aromatic rings. The van der Waals surface area contributed by atoms with Crippen LogP contribution in [0.15, 0.2) is 0 Å². The fourth-order valence-electron chi connectivity index (χ4n) is 2.17. The topological polar surface area (TPSA) is 29.3 Å². The first kappa shape index (κ1) is 10.0. The van der Waals surface area contributed by atoms with Gasteiger partial charge in [-0.2, -0.15) is 0 Å². The van der Waals surface area contributed by atoms with E-state index in [-0.39, 0.29) is 6.04 Å². The molecule has 1 heterocycles. The van der Waals surface area contributed by atoms with E-state index in [4.69, 9.17) is 5.73 Å². The summed E-state index contributed by atoms with van der Waals surface area (Å²) in [6, 6.07) is 0.796. The second-order valence-corrected chi connectivity index (χ2v) is 4.71. The molecule has 2 N–H and O–H groups in total. The summed E-state index contributed by atoms with van der Waals surface area (Å²) >= 11 is 0. The summed E-state index contributed by atoms with van der Waals surface area (Å²) in [5, 5.41) is 0. The smallest absolute Gasteiger partial charge is 0.0221 e. The number of rotatable bonds is 2. The molecule has 0 aliphatic carbocycles. The first-order valence-corrected chi connectivity index (χ1v) is 4.97. The second kappa shape index (κ2) is 3.35. The van der Waals surface area contributed by atoms with Crippen LogP contribution in [0.25, 0.3) is 0 Å². The largest absolute Gasteiger partial charge is 0.327 e. The molecule has 0 aromatic carbocycles. The number of nitrogens with two attached hydrogens (primary N) is 1. The molecular formula is C10H22N2. The van der Waals surface area contributed by atoms with Gasteiger partial charge in [0.05, 0.1) is 0 Å². The lowest BCUT2D eigenvalue weighted by atomic mass is 9.99. The first-order chi connectivity index (χ1) is 5.45. The van der Waals surface area contributed by atoms with E-state index in [0.717, 1.165) is 0 Å². The van der Waals surface area contributed by atoms with Gasteiger partial charge in [0.1, 0.15) is 0 Å². The van der Waals surface area contributed by atoms with E-state index in [9.17, 15) is 0 Å². The van der Waals surface area contributed by atoms with Crippen molar-refractivity contribution in [2.24, 2.45) is 5.73 Å². The number of nitrogens with zero attached hydrogens (tertiary/aromatic N) is 1. The Morgan fingerprint density at radius 3 is 2.25 bits per heavy atom. The van der Waals surface area contributed by atoms with Crippen LogP contribution in [-0.4, -0.2) is 29.1 Å². The van der Waals surface area contributed by atoms with Crippen LogP contribution >= 0.6 is 0 Å². The van der Waals surface area contributed by atoms with Gasteiger partial charge in [0.15, 0.2) is 0 Å². The van der Waals surface area contributed by atoms with Gasteiger partial charge in [-0.25, -0.2) is 0 Å². The van der Waals surface area contributed by atoms with Crippen molar-refractivity contribution in [2.45, 2.75) is 58.2 Å². The van der Waals surface area contributed by atoms with Crippen LogP contribution in [0.2, 0.25) is 0 Å². The third-order valence-electron chi connectivity index (χ3n) is 3.22. The maximum atomic E-state index is 5.90. The van der Waals surface area contributed by atoms with Crippen molar-refractivity contribution >= 4 is 0 Å². The van der Waals surface area contributed by atoms with Gasteiger partial charge in [-0.15, -0.1) is 0 Å². The van der Waals surface area contributed by atoms with Crippen LogP contribution in [0.3, 0.4) is 0 Å². The number of hydrogen-bond donors (Lipinski definition) is 1. The number of hydrogen-bond acceptors (Lipinski definition) is 2. The zero-order valence-corrected chi connectivity index (χ0v) is 8.80. The molecule has 0 aromatic heterocycles. The Morgan fingerprint density at radius 1 is 1.33 bits per heavy atom. The highest BCUT2D eigenvalue weighted by Crippen LogP contribution is 2.30. The number of likely N-dealkylation sites (tertiary alicyclic amines) is 1. The summed E-state index contributed by atoms with van der Waals surface area (Å²) in [5.41, 5.74) is 6.26. The first-order valence-electron chi connectivity index (χ1n) is 4.97. The zero-order chi connectivity index (χ0) is 9.35. The molecule has 0 saturated carbocycles. The van der Waals surface area contributed by atoms with E-state index >= 15 is 0 Å². The fraction of sp³-hybridized carbons (Fsp3) is 1.00. The Labute approximate surface area is 76.1 Å². The lowest BCUT2D eigenvalue weighted by Gasteiger charge is -2.38. The van der Waals surface area contributed by atoms with Gasteiger partial charge in [0, 0.05) is 17.6 Å². The van der Waals surface area contributed by atoms with Crippen molar-refractivity contribution in [3.63, 3.8) is 0 Å². The van der Waals surface area contributed by atoms with Crippen molar-refractivity contribution in [1.29, 1.82) is 0 Å². The standard InChI is InChI=1S/C10H22N2/c1-8(11)9(2)12-7-5-6-10(12,3)4/h8-9H,5-7,11H2,1-4H3. The molecule has 2 atom stereocenters. The second-order valence-electron chi connectivity index (χ2n) is 4.71. The Bertz CT molecular complexity index is 152. The van der Waals surface area contributed by atoms with E-state index < -0.39 is 0 Å². The molecule has 0 bridgehead atoms. The molecule has 1 fully saturated rings. The average molecular weight is 170 g/mol. The molecule has 12 heavy (non-hydrogen) atoms. The molecular weight excluding hydrogens is 148 g/mol. The summed E-state index contributed by atoms with van der Waals surface area (Å²) < 4.78 is 0. The van der Waals surface area contributed by atoms with Crippen molar-refractivity contribution < 1.29 is 0 Å². The van der Waals surface area contributed by atoms with Crippen molar-refractivity contribution in [1.82, 2.24) is 4.90 Å². The van der Waals surface area contributed by atoms with Crippen molar-refractivity contribution in [2.75, 3.05) is 6.54 Å². The Balaban J connectivity index is 2.62. The molecule has 2 unspecified atom stereocenters. The van der Waals surface area contributed by atoms with E-state index in [2.05, 4.69) is 32.6 Å². The summed E-state index contributed by atoms with van der Waals surface area (Å²) in [6.45, 7) is 10.2. The molecule has 2 nitrogen and oxygen atoms in total. The molecule has 0 spiro atoms. The van der Waals surface area contributed by atoms with Gasteiger partial charge in [-0.1, -0.05) is 0 Å². The Kier molecular flexibility index (Phi) is 2.79. The van der Waals surface area contributed by atoms with E-state index in [1.165, 1.54) is 19.4 Å². The highest BCUT2D eigenvalue weighted by molar-refractivity contribution is 4.92. The molecule has 0 amide bonds. The van der Waals surface area contributed by atoms with Crippen LogP contribution in [0.4, 0.5) is 0 Å². The average Bonchev–Trinajstić information content (AvgIpc) is 2.27. The molecule has 0 radical (unpaired) electrons. The maximum Gasteiger partial charge on any atom is 0.0221 e. The SMILES string of the molecule is CC(N)C(C)N1CCCC1(C)C. The monoisotopic (exact) mass is 170 g/mol. The van der Waals surface area contributed by atoms with Gasteiger partial charge in [-0.05, 0) is 47.1 Å². The maximum absolute atomic E-state index is 5.90. The van der Waals surface area contributed by atoms with Crippen LogP contribution in [-0.2, 0) is 0 Å². The summed E-state index contributed by atoms with van der Waals surface area (Å²) in [5.74, 6) is 0. The molecule has 1 rings (SSSR count). The molecule has 2 heteroatoms. The summed E-state index contributed by atoms with van der Waals surface area (Å²) in [6.07, 6.45) is 2.63. The lowest BCUT2D eigenvalue weighted by molar-refractivity contribution is 0.112. The predicted molar refractivity (Wildman–Crippen MR) is 53.1 cm³/mol. The minimum absolute atomic E-state index is 0.280. The van der Waals surface area contributed by atoms with Crippen LogP contribution < -0.4 is 5.73 Å². The van der Waals surface area contributed by atoms with Crippen LogP contribution in [0, 0.1) is 0 Å². The third kappa shape index (κ3) is 1.80. The van der Waals surface area contributed by atoms with Crippen LogP contribution in [0.1, 0.15) is 40.5 Å². The minimum Gasteiger partial charge on any atom is -0.327 e. The third-order valence-corrected chi connectivity index (χ3v) is 3.22. The lowest BCUT2D eigenvalue weighted by Crippen LogP contribution is -2.50. The van der Waals surface area contributed by atoms with Gasteiger partial charge in [-0.3, -0.25) is 4.90 Å². The van der Waals surface area contributed by atoms with E-state index in [1.54, 1.807) is 0 Å². The van der Waals surface area contributed by atoms with Gasteiger partial charge < -0.3 is 5.73 Å². The van der Waals surface area contributed by atoms with E-state index in [1.807, 2.05) is 0 Å². The normalized spacial score (nSPS) is 28.8. The van der Waals surface area contributed by atoms with Crippen molar-refractivity contribution in [3.8, 4) is 0 Å². The summed E-state index contributed by atoms with van der Waals surface area (Å²) in [7, 11) is 0. The van der Waals surface area contributed by atoms with Gasteiger partial charge >= 0.3 is 0 Å². The van der Waals surface area contributed by atoms with Gasteiger partial charge in [0.2, 0.25) is 0 Å². The zero-order valence-electron chi connectivity index (χ0n) is 8.80. The Hall–Kier alpha value is -0.0800. The highest BCUT2D eigenvalue weighted by Gasteiger charge is 2.35. The fourth-order valence-corrected chi connectivity index (χ4v) is 2.17. The quantitative estimate of drug-likeness (QED) is 0.682. The molecule has 72 valence electrons. The van der Waals surface area contributed by atoms with Crippen molar-refractivity contribution in [3.05, 3.63) is 0 Å². The Morgan fingerprint density at radius 2 is 1.92 bits per heavy atom. The van der Waals surface area contributed by atoms with E-state index in [0.29, 0.717) is 11.6 Å². The molecule has 1 aliphatic heterocycles.